The molecule has 0 amide bonds. The summed E-state index contributed by atoms with van der Waals surface area (Å²) in [6, 6.07) is 13.9. The van der Waals surface area contributed by atoms with Gasteiger partial charge in [0.25, 0.3) is 0 Å². The Bertz CT molecular complexity index is 1130. The molecule has 0 radical (unpaired) electrons. The summed E-state index contributed by atoms with van der Waals surface area (Å²) in [6.07, 6.45) is 2.89. The van der Waals surface area contributed by atoms with Gasteiger partial charge in [-0.15, -0.1) is 11.3 Å². The van der Waals surface area contributed by atoms with E-state index in [9.17, 15) is 14.3 Å². The van der Waals surface area contributed by atoms with Crippen molar-refractivity contribution in [3.8, 4) is 0 Å². The molecule has 0 fully saturated rings. The number of rotatable bonds is 5. The predicted octanol–water partition coefficient (Wildman–Crippen LogP) is 4.53. The van der Waals surface area contributed by atoms with Crippen LogP contribution in [0.3, 0.4) is 0 Å². The fourth-order valence-electron chi connectivity index (χ4n) is 2.88. The summed E-state index contributed by atoms with van der Waals surface area (Å²) in [4.78, 5) is 16.9. The van der Waals surface area contributed by atoms with E-state index in [0.29, 0.717) is 12.0 Å². The number of thiophene rings is 1. The van der Waals surface area contributed by atoms with Crippen molar-refractivity contribution >= 4 is 33.0 Å². The van der Waals surface area contributed by atoms with Gasteiger partial charge >= 0.3 is 0 Å². The zero-order valence-electron chi connectivity index (χ0n) is 14.0. The van der Waals surface area contributed by atoms with E-state index in [0.717, 1.165) is 26.6 Å². The van der Waals surface area contributed by atoms with Gasteiger partial charge in [0.05, 0.1) is 0 Å². The van der Waals surface area contributed by atoms with Crippen LogP contribution in [0.5, 0.6) is 0 Å². The number of H-pyrrole nitrogens is 1. The Morgan fingerprint density at radius 1 is 1.19 bits per heavy atom. The Hall–Kier alpha value is -3.32. The number of nitrogens with one attached hydrogen (secondary N) is 1. The molecule has 5 nitrogen and oxygen atoms in total. The molecule has 0 saturated carbocycles. The maximum atomic E-state index is 13.2. The van der Waals surface area contributed by atoms with E-state index in [1.807, 2.05) is 24.3 Å². The van der Waals surface area contributed by atoms with Gasteiger partial charge < -0.3 is 5.11 Å². The summed E-state index contributed by atoms with van der Waals surface area (Å²) in [5, 5.41) is 17.7. The van der Waals surface area contributed by atoms with Crippen molar-refractivity contribution in [3.63, 3.8) is 0 Å². The number of aromatic amines is 1. The number of carbonyl (C=O) groups excluding carboxylic acids is 1. The smallest absolute Gasteiger partial charge is 0.226 e. The van der Waals surface area contributed by atoms with E-state index in [4.69, 9.17) is 0 Å². The van der Waals surface area contributed by atoms with Crippen LogP contribution in [0.25, 0.3) is 15.8 Å². The summed E-state index contributed by atoms with van der Waals surface area (Å²) >= 11 is 1.53. The second kappa shape index (κ2) is 7.13. The first kappa shape index (κ1) is 17.1. The minimum absolute atomic E-state index is 0.0566. The van der Waals surface area contributed by atoms with Gasteiger partial charge in [-0.2, -0.15) is 5.10 Å². The van der Waals surface area contributed by atoms with Crippen molar-refractivity contribution in [2.75, 3.05) is 0 Å². The lowest BCUT2D eigenvalue weighted by atomic mass is 10.0. The second-order valence-corrected chi connectivity index (χ2v) is 7.06. The largest absolute Gasteiger partial charge is 0.507 e. The lowest BCUT2D eigenvalue weighted by Gasteiger charge is -2.05. The first-order valence-electron chi connectivity index (χ1n) is 8.17. The molecule has 27 heavy (non-hydrogen) atoms. The van der Waals surface area contributed by atoms with E-state index in [2.05, 4.69) is 15.2 Å². The minimum Gasteiger partial charge on any atom is -0.507 e. The normalized spacial score (nSPS) is 11.8. The highest BCUT2D eigenvalue weighted by atomic mass is 32.1. The first-order chi connectivity index (χ1) is 13.1. The number of allylic oxidation sites excluding steroid dienone is 1. The van der Waals surface area contributed by atoms with Crippen LogP contribution in [0.2, 0.25) is 0 Å². The summed E-state index contributed by atoms with van der Waals surface area (Å²) in [6.45, 7) is 0. The van der Waals surface area contributed by atoms with E-state index >= 15 is 0 Å². The number of aliphatic hydroxyl groups is 1. The molecule has 0 aliphatic heterocycles. The van der Waals surface area contributed by atoms with E-state index in [-0.39, 0.29) is 17.4 Å². The molecule has 0 aliphatic carbocycles. The van der Waals surface area contributed by atoms with E-state index in [1.165, 1.54) is 29.8 Å². The van der Waals surface area contributed by atoms with Crippen molar-refractivity contribution in [1.29, 1.82) is 0 Å². The van der Waals surface area contributed by atoms with Gasteiger partial charge in [-0.3, -0.25) is 9.89 Å². The van der Waals surface area contributed by atoms with Crippen LogP contribution >= 0.6 is 11.3 Å². The number of carbonyl (C=O) groups is 1. The van der Waals surface area contributed by atoms with Crippen LogP contribution < -0.4 is 0 Å². The number of hydrogen-bond acceptors (Lipinski definition) is 5. The number of nitrogens with zero attached hydrogens (tertiary/aromatic N) is 2. The van der Waals surface area contributed by atoms with Gasteiger partial charge in [-0.25, -0.2) is 9.37 Å². The molecule has 0 unspecified atom stereocenters. The van der Waals surface area contributed by atoms with Crippen molar-refractivity contribution < 1.29 is 14.3 Å². The molecule has 7 heteroatoms. The van der Waals surface area contributed by atoms with Gasteiger partial charge in [0.1, 0.15) is 17.9 Å². The monoisotopic (exact) mass is 379 g/mol. The van der Waals surface area contributed by atoms with Gasteiger partial charge in [0, 0.05) is 33.0 Å². The zero-order valence-corrected chi connectivity index (χ0v) is 14.8. The molecule has 0 spiro atoms. The zero-order chi connectivity index (χ0) is 18.8. The molecular formula is C20H14FN3O2S. The standard InChI is InChI=1S/C20H14FN3O2S/c21-13-7-5-12(6-8-13)9-18-19(14-3-1-2-4-17(14)27-18)15(25)10-16(26)20-22-11-23-24-20/h1-8,10-11,25H,9H2,(H,22,23,24). The molecule has 2 aromatic carbocycles. The summed E-state index contributed by atoms with van der Waals surface area (Å²) in [5.74, 6) is -0.837. The third kappa shape index (κ3) is 3.50. The SMILES string of the molecule is O=C(C=C(O)c1c(Cc2ccc(F)cc2)sc2ccccc12)c1ncn[nH]1. The van der Waals surface area contributed by atoms with Crippen LogP contribution in [0.1, 0.15) is 26.6 Å². The highest BCUT2D eigenvalue weighted by Crippen LogP contribution is 2.36. The molecule has 2 aromatic heterocycles. The summed E-state index contributed by atoms with van der Waals surface area (Å²) < 4.78 is 14.2. The number of benzene rings is 2. The van der Waals surface area contributed by atoms with Crippen LogP contribution in [-0.4, -0.2) is 26.1 Å². The topological polar surface area (TPSA) is 78.9 Å². The number of ketones is 1. The Kier molecular flexibility index (Phi) is 4.52. The third-order valence-electron chi connectivity index (χ3n) is 4.12. The maximum absolute atomic E-state index is 13.2. The van der Waals surface area contributed by atoms with E-state index in [1.54, 1.807) is 12.1 Å². The average Bonchev–Trinajstić information content (AvgIpc) is 3.31. The van der Waals surface area contributed by atoms with Gasteiger partial charge in [-0.05, 0) is 23.8 Å². The fourth-order valence-corrected chi connectivity index (χ4v) is 4.13. The molecule has 0 bridgehead atoms. The van der Waals surface area contributed by atoms with Gasteiger partial charge in [-0.1, -0.05) is 30.3 Å². The lowest BCUT2D eigenvalue weighted by molar-refractivity contribution is 0.103. The Balaban J connectivity index is 1.78. The number of halogens is 1. The minimum atomic E-state index is -0.465. The molecule has 2 heterocycles. The number of aromatic nitrogens is 3. The third-order valence-corrected chi connectivity index (χ3v) is 5.29. The maximum Gasteiger partial charge on any atom is 0.226 e. The average molecular weight is 379 g/mol. The van der Waals surface area contributed by atoms with Crippen molar-refractivity contribution in [2.24, 2.45) is 0 Å². The number of hydrogen-bond donors (Lipinski definition) is 2. The van der Waals surface area contributed by atoms with Gasteiger partial charge in [0.15, 0.2) is 5.82 Å². The predicted molar refractivity (Wildman–Crippen MR) is 102 cm³/mol. The summed E-state index contributed by atoms with van der Waals surface area (Å²) in [7, 11) is 0. The second-order valence-electron chi connectivity index (χ2n) is 5.93. The quantitative estimate of drug-likeness (QED) is 0.303. The van der Waals surface area contributed by atoms with E-state index < -0.39 is 5.78 Å². The molecule has 4 rings (SSSR count). The molecule has 0 saturated heterocycles. The number of aliphatic hydroxyl groups excluding tert-OH is 1. The van der Waals surface area contributed by atoms with Crippen LogP contribution in [0.15, 0.2) is 60.9 Å². The summed E-state index contributed by atoms with van der Waals surface area (Å²) in [5.41, 5.74) is 1.52. The molecule has 0 aliphatic rings. The molecule has 2 N–H and O–H groups in total. The first-order valence-corrected chi connectivity index (χ1v) is 8.99. The Morgan fingerprint density at radius 3 is 2.70 bits per heavy atom. The molecule has 0 atom stereocenters. The highest BCUT2D eigenvalue weighted by Gasteiger charge is 2.18. The van der Waals surface area contributed by atoms with Crippen LogP contribution in [0, 0.1) is 5.82 Å². The molecular weight excluding hydrogens is 365 g/mol. The Morgan fingerprint density at radius 2 is 1.96 bits per heavy atom. The molecule has 4 aromatic rings. The number of fused-ring (bicyclic) bond motifs is 1. The van der Waals surface area contributed by atoms with Crippen molar-refractivity contribution in [3.05, 3.63) is 88.6 Å². The van der Waals surface area contributed by atoms with Crippen molar-refractivity contribution in [2.45, 2.75) is 6.42 Å². The Labute approximate surface area is 157 Å². The fraction of sp³-hybridized carbons (Fsp3) is 0.0500. The van der Waals surface area contributed by atoms with Crippen molar-refractivity contribution in [1.82, 2.24) is 15.2 Å². The lowest BCUT2D eigenvalue weighted by Crippen LogP contribution is -2.00. The van der Waals surface area contributed by atoms with Gasteiger partial charge in [0.2, 0.25) is 5.78 Å². The molecule has 134 valence electrons. The van der Waals surface area contributed by atoms with Crippen LogP contribution in [-0.2, 0) is 6.42 Å². The van der Waals surface area contributed by atoms with Crippen LogP contribution in [0.4, 0.5) is 4.39 Å². The highest BCUT2D eigenvalue weighted by molar-refractivity contribution is 7.19.